The average molecular weight is 450 g/mol. The summed E-state index contributed by atoms with van der Waals surface area (Å²) in [7, 11) is 1.55. The van der Waals surface area contributed by atoms with Gasteiger partial charge < -0.3 is 24.8 Å². The van der Waals surface area contributed by atoms with Gasteiger partial charge in [0.25, 0.3) is 5.91 Å². The Bertz CT molecular complexity index is 815. The molecule has 0 spiro atoms. The standard InChI is InChI=1S/C21H30N4O7/c1-13(2)18(25-21(29)32-9-8-31-7-6-30-3)16(26)10-14-11-17-22-5-4-15(24-17)12-23-20(28)19(14)27/h4-5,13-14,18H,6-12H2,1-3H3,(H,23,28)(H,25,29). The summed E-state index contributed by atoms with van der Waals surface area (Å²) in [6, 6.07) is 0.764. The fourth-order valence-electron chi connectivity index (χ4n) is 3.15. The highest BCUT2D eigenvalue weighted by atomic mass is 16.6. The largest absolute Gasteiger partial charge is 0.447 e. The first-order chi connectivity index (χ1) is 15.3. The van der Waals surface area contributed by atoms with Gasteiger partial charge in [-0.25, -0.2) is 14.8 Å². The number of rotatable bonds is 11. The van der Waals surface area contributed by atoms with Crippen LogP contribution in [0, 0.1) is 11.8 Å². The summed E-state index contributed by atoms with van der Waals surface area (Å²) in [5, 5.41) is 5.06. The normalized spacial score (nSPS) is 17.1. The number of aromatic nitrogens is 2. The second-order valence-electron chi connectivity index (χ2n) is 7.69. The number of methoxy groups -OCH3 is 1. The van der Waals surface area contributed by atoms with Crippen LogP contribution in [0.4, 0.5) is 4.79 Å². The first-order valence-electron chi connectivity index (χ1n) is 10.5. The molecule has 176 valence electrons. The quantitative estimate of drug-likeness (QED) is 0.357. The van der Waals surface area contributed by atoms with E-state index < -0.39 is 29.7 Å². The van der Waals surface area contributed by atoms with E-state index in [-0.39, 0.29) is 44.3 Å². The molecule has 2 unspecified atom stereocenters. The van der Waals surface area contributed by atoms with Crippen LogP contribution in [0.3, 0.4) is 0 Å². The molecular formula is C21H30N4O7. The van der Waals surface area contributed by atoms with E-state index in [0.29, 0.717) is 24.7 Å². The molecule has 11 heteroatoms. The molecule has 0 aliphatic carbocycles. The summed E-state index contributed by atoms with van der Waals surface area (Å²) in [5.41, 5.74) is 0.582. The fourth-order valence-corrected chi connectivity index (χ4v) is 3.15. The number of ether oxygens (including phenoxy) is 3. The summed E-state index contributed by atoms with van der Waals surface area (Å²) in [5.74, 6) is -2.66. The maximum Gasteiger partial charge on any atom is 0.407 e. The van der Waals surface area contributed by atoms with E-state index in [2.05, 4.69) is 20.6 Å². The van der Waals surface area contributed by atoms with Crippen molar-refractivity contribution in [2.75, 3.05) is 33.5 Å². The highest BCUT2D eigenvalue weighted by Crippen LogP contribution is 2.17. The molecule has 1 aromatic heterocycles. The second-order valence-corrected chi connectivity index (χ2v) is 7.69. The number of fused-ring (bicyclic) bond motifs is 2. The molecule has 0 saturated heterocycles. The zero-order valence-electron chi connectivity index (χ0n) is 18.6. The van der Waals surface area contributed by atoms with Gasteiger partial charge in [0.2, 0.25) is 5.78 Å². The number of carbonyl (C=O) groups is 4. The Balaban J connectivity index is 1.97. The minimum absolute atomic E-state index is 0.0174. The van der Waals surface area contributed by atoms with Crippen molar-refractivity contribution in [3.63, 3.8) is 0 Å². The van der Waals surface area contributed by atoms with Crippen molar-refractivity contribution in [3.8, 4) is 0 Å². The van der Waals surface area contributed by atoms with Crippen molar-refractivity contribution < 1.29 is 33.4 Å². The van der Waals surface area contributed by atoms with Gasteiger partial charge in [-0.2, -0.15) is 0 Å². The third-order valence-corrected chi connectivity index (χ3v) is 4.84. The first-order valence-corrected chi connectivity index (χ1v) is 10.5. The number of amides is 2. The molecule has 0 saturated carbocycles. The monoisotopic (exact) mass is 450 g/mol. The van der Waals surface area contributed by atoms with Crippen LogP contribution in [-0.2, 0) is 41.6 Å². The lowest BCUT2D eigenvalue weighted by molar-refractivity contribution is -0.141. The molecule has 32 heavy (non-hydrogen) atoms. The minimum atomic E-state index is -0.927. The second kappa shape index (κ2) is 12.8. The van der Waals surface area contributed by atoms with Crippen molar-refractivity contribution in [1.82, 2.24) is 20.6 Å². The molecule has 0 radical (unpaired) electrons. The van der Waals surface area contributed by atoms with Crippen LogP contribution in [0.15, 0.2) is 12.3 Å². The van der Waals surface area contributed by atoms with Crippen LogP contribution >= 0.6 is 0 Å². The Kier molecular flexibility index (Phi) is 10.2. The zero-order valence-corrected chi connectivity index (χ0v) is 18.6. The lowest BCUT2D eigenvalue weighted by atomic mass is 9.88. The number of nitrogens with zero attached hydrogens (tertiary/aromatic N) is 2. The van der Waals surface area contributed by atoms with Crippen molar-refractivity contribution in [2.45, 2.75) is 39.3 Å². The summed E-state index contributed by atoms with van der Waals surface area (Å²) in [6.45, 7) is 4.67. The third kappa shape index (κ3) is 7.97. The van der Waals surface area contributed by atoms with Crippen LogP contribution in [0.1, 0.15) is 31.8 Å². The summed E-state index contributed by atoms with van der Waals surface area (Å²) in [6.07, 6.45) is 0.608. The number of alkyl carbamates (subject to hydrolysis) is 1. The van der Waals surface area contributed by atoms with E-state index in [4.69, 9.17) is 14.2 Å². The van der Waals surface area contributed by atoms with Gasteiger partial charge in [0.15, 0.2) is 5.78 Å². The molecule has 11 nitrogen and oxygen atoms in total. The Hall–Kier alpha value is -2.92. The maximum atomic E-state index is 13.0. The minimum Gasteiger partial charge on any atom is -0.447 e. The van der Waals surface area contributed by atoms with E-state index in [1.54, 1.807) is 33.2 Å². The van der Waals surface area contributed by atoms with Crippen LogP contribution in [-0.4, -0.2) is 73.1 Å². The van der Waals surface area contributed by atoms with Crippen molar-refractivity contribution in [1.29, 1.82) is 0 Å². The van der Waals surface area contributed by atoms with Gasteiger partial charge in [0.1, 0.15) is 12.4 Å². The molecule has 0 aromatic carbocycles. The highest BCUT2D eigenvalue weighted by Gasteiger charge is 2.33. The van der Waals surface area contributed by atoms with E-state index in [1.807, 2.05) is 0 Å². The van der Waals surface area contributed by atoms with Gasteiger partial charge in [0.05, 0.1) is 38.1 Å². The number of hydrogen-bond acceptors (Lipinski definition) is 9. The Morgan fingerprint density at radius 1 is 1.22 bits per heavy atom. The van der Waals surface area contributed by atoms with Gasteiger partial charge in [0, 0.05) is 32.1 Å². The van der Waals surface area contributed by atoms with Gasteiger partial charge in [-0.05, 0) is 12.0 Å². The van der Waals surface area contributed by atoms with Crippen molar-refractivity contribution >= 4 is 23.6 Å². The Labute approximate surface area is 186 Å². The van der Waals surface area contributed by atoms with Gasteiger partial charge in [-0.1, -0.05) is 13.8 Å². The number of carbonyl (C=O) groups excluding carboxylic acids is 4. The molecular weight excluding hydrogens is 420 g/mol. The predicted octanol–water partition coefficient (Wildman–Crippen LogP) is 0.207. The molecule has 2 amide bonds. The smallest absolute Gasteiger partial charge is 0.407 e. The van der Waals surface area contributed by atoms with Gasteiger partial charge in [-0.15, -0.1) is 0 Å². The maximum absolute atomic E-state index is 13.0. The van der Waals surface area contributed by atoms with Crippen molar-refractivity contribution in [3.05, 3.63) is 23.8 Å². The number of Topliss-reactive ketones (excluding diaryl/α,β-unsaturated/α-hetero) is 2. The first kappa shape index (κ1) is 25.3. The SMILES string of the molecule is COCCOCCOC(=O)NC(C(=O)CC1Cc2nccc(n2)CNC(=O)C1=O)C(C)C. The Morgan fingerprint density at radius 2 is 1.97 bits per heavy atom. The van der Waals surface area contributed by atoms with E-state index in [0.717, 1.165) is 0 Å². The summed E-state index contributed by atoms with van der Waals surface area (Å²) in [4.78, 5) is 58.3. The van der Waals surface area contributed by atoms with Crippen LogP contribution in [0.5, 0.6) is 0 Å². The molecule has 0 fully saturated rings. The summed E-state index contributed by atoms with van der Waals surface area (Å²) >= 11 is 0. The molecule has 1 aliphatic rings. The molecule has 2 bridgehead atoms. The number of nitrogens with one attached hydrogen (secondary N) is 2. The van der Waals surface area contributed by atoms with Crippen LogP contribution in [0.25, 0.3) is 0 Å². The van der Waals surface area contributed by atoms with Crippen LogP contribution in [0.2, 0.25) is 0 Å². The van der Waals surface area contributed by atoms with Gasteiger partial charge >= 0.3 is 6.09 Å². The lowest BCUT2D eigenvalue weighted by Crippen LogP contribution is -2.46. The lowest BCUT2D eigenvalue weighted by Gasteiger charge is -2.23. The van der Waals surface area contributed by atoms with Gasteiger partial charge in [-0.3, -0.25) is 14.4 Å². The molecule has 2 atom stereocenters. The molecule has 1 aromatic rings. The van der Waals surface area contributed by atoms with Crippen LogP contribution < -0.4 is 10.6 Å². The molecule has 2 N–H and O–H groups in total. The summed E-state index contributed by atoms with van der Waals surface area (Å²) < 4.78 is 15.1. The van der Waals surface area contributed by atoms with E-state index in [9.17, 15) is 19.2 Å². The Morgan fingerprint density at radius 3 is 2.69 bits per heavy atom. The van der Waals surface area contributed by atoms with E-state index >= 15 is 0 Å². The molecule has 2 rings (SSSR count). The van der Waals surface area contributed by atoms with E-state index in [1.165, 1.54) is 0 Å². The molecule has 1 aliphatic heterocycles. The highest BCUT2D eigenvalue weighted by molar-refractivity contribution is 6.37. The van der Waals surface area contributed by atoms with Crippen molar-refractivity contribution in [2.24, 2.45) is 11.8 Å². The fraction of sp³-hybridized carbons (Fsp3) is 0.619. The third-order valence-electron chi connectivity index (χ3n) is 4.84. The number of ketones is 2. The average Bonchev–Trinajstić information content (AvgIpc) is 2.79. The zero-order chi connectivity index (χ0) is 23.5. The number of hydrogen-bond donors (Lipinski definition) is 2. The predicted molar refractivity (Wildman–Crippen MR) is 112 cm³/mol. The topological polar surface area (TPSA) is 146 Å². The molecule has 2 heterocycles.